The van der Waals surface area contributed by atoms with Crippen LogP contribution in [0.4, 0.5) is 5.13 Å². The maximum atomic E-state index is 11.1. The highest BCUT2D eigenvalue weighted by molar-refractivity contribution is 8.01. The van der Waals surface area contributed by atoms with Crippen molar-refractivity contribution < 1.29 is 9.59 Å². The second-order valence-electron chi connectivity index (χ2n) is 3.05. The summed E-state index contributed by atoms with van der Waals surface area (Å²) in [6.07, 6.45) is 0.419. The number of rotatable bonds is 5. The molecular formula is C9H13N3O2S2. The molecule has 1 rings (SSSR count). The van der Waals surface area contributed by atoms with Crippen LogP contribution in [0.2, 0.25) is 0 Å². The Bertz CT molecular complexity index is 403. The van der Waals surface area contributed by atoms with Gasteiger partial charge in [-0.05, 0) is 6.92 Å². The summed E-state index contributed by atoms with van der Waals surface area (Å²) in [7, 11) is 0. The van der Waals surface area contributed by atoms with Crippen molar-refractivity contribution in [1.82, 2.24) is 4.98 Å². The standard InChI is InChI=1S/C9H13N3O2S2/c1-3-7(14)12-9-11-5(2)8(16-9)15-4-6(10)13/h3-4H2,1-2H3,(H2,10,13)(H,11,12,14). The van der Waals surface area contributed by atoms with Crippen molar-refractivity contribution in [2.45, 2.75) is 24.5 Å². The number of thiazole rings is 1. The Morgan fingerprint density at radius 1 is 1.56 bits per heavy atom. The first-order valence-electron chi connectivity index (χ1n) is 4.71. The van der Waals surface area contributed by atoms with Crippen molar-refractivity contribution in [2.75, 3.05) is 11.1 Å². The van der Waals surface area contributed by atoms with Crippen LogP contribution in [0.1, 0.15) is 19.0 Å². The van der Waals surface area contributed by atoms with Crippen LogP contribution in [0.15, 0.2) is 4.21 Å². The molecule has 88 valence electrons. The smallest absolute Gasteiger partial charge is 0.227 e. The monoisotopic (exact) mass is 259 g/mol. The fourth-order valence-electron chi connectivity index (χ4n) is 0.914. The van der Waals surface area contributed by atoms with Crippen molar-refractivity contribution in [1.29, 1.82) is 0 Å². The summed E-state index contributed by atoms with van der Waals surface area (Å²) in [5.74, 6) is -0.207. The number of hydrogen-bond acceptors (Lipinski definition) is 5. The highest BCUT2D eigenvalue weighted by atomic mass is 32.2. The lowest BCUT2D eigenvalue weighted by Crippen LogP contribution is -2.12. The molecule has 0 aliphatic heterocycles. The van der Waals surface area contributed by atoms with Gasteiger partial charge in [0, 0.05) is 6.42 Å². The maximum absolute atomic E-state index is 11.1. The molecule has 0 aromatic carbocycles. The van der Waals surface area contributed by atoms with Crippen LogP contribution in [0.3, 0.4) is 0 Å². The highest BCUT2D eigenvalue weighted by Crippen LogP contribution is 2.31. The topological polar surface area (TPSA) is 85.1 Å². The zero-order valence-electron chi connectivity index (χ0n) is 9.07. The molecule has 0 atom stereocenters. The number of amides is 2. The van der Waals surface area contributed by atoms with E-state index in [0.717, 1.165) is 9.90 Å². The summed E-state index contributed by atoms with van der Waals surface area (Å²) >= 11 is 2.70. The molecule has 7 heteroatoms. The van der Waals surface area contributed by atoms with Crippen molar-refractivity contribution in [3.8, 4) is 0 Å². The van der Waals surface area contributed by atoms with Gasteiger partial charge in [-0.25, -0.2) is 4.98 Å². The average Bonchev–Trinajstić information content (AvgIpc) is 2.55. The fraction of sp³-hybridized carbons (Fsp3) is 0.444. The third kappa shape index (κ3) is 3.82. The highest BCUT2D eigenvalue weighted by Gasteiger charge is 2.10. The van der Waals surface area contributed by atoms with E-state index in [4.69, 9.17) is 5.73 Å². The van der Waals surface area contributed by atoms with E-state index in [9.17, 15) is 9.59 Å². The SMILES string of the molecule is CCC(=O)Nc1nc(C)c(SCC(N)=O)s1. The van der Waals surface area contributed by atoms with E-state index in [2.05, 4.69) is 10.3 Å². The van der Waals surface area contributed by atoms with Crippen LogP contribution in [0, 0.1) is 6.92 Å². The van der Waals surface area contributed by atoms with E-state index >= 15 is 0 Å². The predicted octanol–water partition coefficient (Wildman–Crippen LogP) is 1.38. The van der Waals surface area contributed by atoms with Gasteiger partial charge in [-0.1, -0.05) is 18.3 Å². The van der Waals surface area contributed by atoms with Gasteiger partial charge < -0.3 is 11.1 Å². The van der Waals surface area contributed by atoms with Gasteiger partial charge in [0.05, 0.1) is 15.7 Å². The second-order valence-corrected chi connectivity index (χ2v) is 5.29. The Hall–Kier alpha value is -1.08. The summed E-state index contributed by atoms with van der Waals surface area (Å²) < 4.78 is 0.908. The van der Waals surface area contributed by atoms with Gasteiger partial charge >= 0.3 is 0 Å². The number of aromatic nitrogens is 1. The van der Waals surface area contributed by atoms with Crippen molar-refractivity contribution in [2.24, 2.45) is 5.73 Å². The summed E-state index contributed by atoms with van der Waals surface area (Å²) in [5, 5.41) is 3.25. The van der Waals surface area contributed by atoms with Crippen molar-refractivity contribution in [3.63, 3.8) is 0 Å². The van der Waals surface area contributed by atoms with Gasteiger partial charge in [-0.15, -0.1) is 11.8 Å². The molecule has 2 amide bonds. The first-order chi connectivity index (χ1) is 7.52. The molecule has 0 fully saturated rings. The number of carbonyl (C=O) groups is 2. The Kier molecular flexibility index (Phi) is 4.75. The zero-order valence-corrected chi connectivity index (χ0v) is 10.7. The molecule has 1 aromatic rings. The van der Waals surface area contributed by atoms with Gasteiger partial charge in [0.2, 0.25) is 11.8 Å². The number of nitrogens with zero attached hydrogens (tertiary/aromatic N) is 1. The number of aryl methyl sites for hydroxylation is 1. The van der Waals surface area contributed by atoms with Crippen LogP contribution in [0.5, 0.6) is 0 Å². The number of primary amides is 1. The molecule has 0 aliphatic rings. The lowest BCUT2D eigenvalue weighted by atomic mass is 10.5. The minimum Gasteiger partial charge on any atom is -0.369 e. The predicted molar refractivity (Wildman–Crippen MR) is 65.7 cm³/mol. The Morgan fingerprint density at radius 3 is 2.81 bits per heavy atom. The molecule has 0 aliphatic carbocycles. The lowest BCUT2D eigenvalue weighted by Gasteiger charge is -1.95. The summed E-state index contributed by atoms with van der Waals surface area (Å²) in [6.45, 7) is 3.61. The Balaban J connectivity index is 2.66. The molecule has 1 heterocycles. The second kappa shape index (κ2) is 5.86. The number of nitrogens with two attached hydrogens (primary N) is 1. The number of nitrogens with one attached hydrogen (secondary N) is 1. The molecule has 0 spiro atoms. The molecule has 0 radical (unpaired) electrons. The lowest BCUT2D eigenvalue weighted by molar-refractivity contribution is -0.116. The van der Waals surface area contributed by atoms with Crippen LogP contribution < -0.4 is 11.1 Å². The minimum atomic E-state index is -0.364. The van der Waals surface area contributed by atoms with E-state index in [1.807, 2.05) is 6.92 Å². The summed E-state index contributed by atoms with van der Waals surface area (Å²) in [5.41, 5.74) is 5.86. The summed E-state index contributed by atoms with van der Waals surface area (Å²) in [4.78, 5) is 26.0. The minimum absolute atomic E-state index is 0.0693. The molecule has 0 saturated heterocycles. The maximum Gasteiger partial charge on any atom is 0.227 e. The molecule has 0 saturated carbocycles. The molecule has 3 N–H and O–H groups in total. The molecule has 1 aromatic heterocycles. The van der Waals surface area contributed by atoms with E-state index in [-0.39, 0.29) is 17.6 Å². The van der Waals surface area contributed by atoms with E-state index in [1.165, 1.54) is 23.1 Å². The number of thioether (sulfide) groups is 1. The summed E-state index contributed by atoms with van der Waals surface area (Å²) in [6, 6.07) is 0. The van der Waals surface area contributed by atoms with Gasteiger partial charge in [0.15, 0.2) is 5.13 Å². The Morgan fingerprint density at radius 2 is 2.25 bits per heavy atom. The zero-order chi connectivity index (χ0) is 12.1. The van der Waals surface area contributed by atoms with Crippen LogP contribution in [-0.2, 0) is 9.59 Å². The largest absolute Gasteiger partial charge is 0.369 e. The molecular weight excluding hydrogens is 246 g/mol. The Labute approximate surface area is 102 Å². The first kappa shape index (κ1) is 13.0. The van der Waals surface area contributed by atoms with Crippen LogP contribution in [-0.4, -0.2) is 22.6 Å². The number of hydrogen-bond donors (Lipinski definition) is 2. The van der Waals surface area contributed by atoms with Gasteiger partial charge in [-0.3, -0.25) is 9.59 Å². The normalized spacial score (nSPS) is 10.1. The fourth-order valence-corrected chi connectivity index (χ4v) is 2.81. The van der Waals surface area contributed by atoms with E-state index < -0.39 is 0 Å². The average molecular weight is 259 g/mol. The van der Waals surface area contributed by atoms with E-state index in [0.29, 0.717) is 11.6 Å². The van der Waals surface area contributed by atoms with Crippen molar-refractivity contribution in [3.05, 3.63) is 5.69 Å². The number of anilines is 1. The van der Waals surface area contributed by atoms with Crippen molar-refractivity contribution >= 4 is 40.0 Å². The first-order valence-corrected chi connectivity index (χ1v) is 6.51. The van der Waals surface area contributed by atoms with Crippen LogP contribution >= 0.6 is 23.1 Å². The third-order valence-electron chi connectivity index (χ3n) is 1.67. The van der Waals surface area contributed by atoms with Gasteiger partial charge in [0.1, 0.15) is 0 Å². The van der Waals surface area contributed by atoms with Gasteiger partial charge in [-0.2, -0.15) is 0 Å². The molecule has 16 heavy (non-hydrogen) atoms. The van der Waals surface area contributed by atoms with E-state index in [1.54, 1.807) is 6.92 Å². The van der Waals surface area contributed by atoms with Gasteiger partial charge in [0.25, 0.3) is 0 Å². The molecule has 0 unspecified atom stereocenters. The van der Waals surface area contributed by atoms with Crippen LogP contribution in [0.25, 0.3) is 0 Å². The number of carbonyl (C=O) groups excluding carboxylic acids is 2. The third-order valence-corrected chi connectivity index (χ3v) is 4.12. The molecule has 0 bridgehead atoms. The quantitative estimate of drug-likeness (QED) is 0.782. The molecule has 5 nitrogen and oxygen atoms in total.